The Morgan fingerprint density at radius 2 is 1.79 bits per heavy atom. The van der Waals surface area contributed by atoms with E-state index in [-0.39, 0.29) is 5.82 Å². The van der Waals surface area contributed by atoms with Gasteiger partial charge in [0, 0.05) is 9.50 Å². The zero-order valence-corrected chi connectivity index (χ0v) is 13.6. The maximum atomic E-state index is 13.4. The summed E-state index contributed by atoms with van der Waals surface area (Å²) in [6.07, 6.45) is 0. The third-order valence-corrected chi connectivity index (χ3v) is 4.93. The lowest BCUT2D eigenvalue weighted by Crippen LogP contribution is -1.99. The fourth-order valence-electron chi connectivity index (χ4n) is 1.91. The Bertz CT molecular complexity index is 626. The van der Waals surface area contributed by atoms with Crippen LogP contribution in [0.3, 0.4) is 0 Å². The van der Waals surface area contributed by atoms with Crippen molar-refractivity contribution in [2.24, 2.45) is 0 Å². The van der Waals surface area contributed by atoms with Crippen molar-refractivity contribution in [3.05, 3.63) is 67.9 Å². The van der Waals surface area contributed by atoms with Gasteiger partial charge in [0.2, 0.25) is 0 Å². The Kier molecular flexibility index (Phi) is 4.54. The highest BCUT2D eigenvalue weighted by molar-refractivity contribution is 9.10. The van der Waals surface area contributed by atoms with Gasteiger partial charge in [0.1, 0.15) is 5.82 Å². The van der Waals surface area contributed by atoms with Crippen molar-refractivity contribution in [1.82, 2.24) is 0 Å². The molecule has 0 aliphatic heterocycles. The summed E-state index contributed by atoms with van der Waals surface area (Å²) in [7, 11) is 0. The SMILES string of the molecule is Cc1cc(C(Cl)c2cccc(C)c2Br)c(Cl)cc1F. The molecule has 1 unspecified atom stereocenters. The molecule has 0 N–H and O–H groups in total. The third kappa shape index (κ3) is 2.96. The van der Waals surface area contributed by atoms with Crippen LogP contribution in [0.25, 0.3) is 0 Å². The van der Waals surface area contributed by atoms with E-state index in [0.29, 0.717) is 16.1 Å². The molecule has 0 heterocycles. The molecule has 2 rings (SSSR count). The summed E-state index contributed by atoms with van der Waals surface area (Å²) in [5.41, 5.74) is 3.27. The van der Waals surface area contributed by atoms with E-state index in [2.05, 4.69) is 15.9 Å². The molecule has 0 aromatic heterocycles. The second-order valence-corrected chi connectivity index (χ2v) is 6.10. The molecular weight excluding hydrogens is 350 g/mol. The molecule has 1 atom stereocenters. The van der Waals surface area contributed by atoms with Gasteiger partial charge in [-0.2, -0.15) is 0 Å². The highest BCUT2D eigenvalue weighted by Gasteiger charge is 2.19. The van der Waals surface area contributed by atoms with Gasteiger partial charge in [-0.15, -0.1) is 11.6 Å². The Morgan fingerprint density at radius 3 is 2.47 bits per heavy atom. The van der Waals surface area contributed by atoms with Crippen LogP contribution in [0.1, 0.15) is 27.6 Å². The number of hydrogen-bond acceptors (Lipinski definition) is 0. The largest absolute Gasteiger partial charge is 0.207 e. The van der Waals surface area contributed by atoms with E-state index in [9.17, 15) is 4.39 Å². The lowest BCUT2D eigenvalue weighted by molar-refractivity contribution is 0.618. The van der Waals surface area contributed by atoms with E-state index >= 15 is 0 Å². The summed E-state index contributed by atoms with van der Waals surface area (Å²) >= 11 is 16.1. The average Bonchev–Trinajstić information content (AvgIpc) is 2.36. The second kappa shape index (κ2) is 5.82. The van der Waals surface area contributed by atoms with Crippen LogP contribution in [0.15, 0.2) is 34.8 Å². The van der Waals surface area contributed by atoms with Crippen LogP contribution in [0.4, 0.5) is 4.39 Å². The average molecular weight is 362 g/mol. The van der Waals surface area contributed by atoms with E-state index in [1.807, 2.05) is 25.1 Å². The van der Waals surface area contributed by atoms with Gasteiger partial charge in [-0.1, -0.05) is 45.7 Å². The summed E-state index contributed by atoms with van der Waals surface area (Å²) in [5, 5.41) is -0.0717. The summed E-state index contributed by atoms with van der Waals surface area (Å²) in [4.78, 5) is 0. The minimum Gasteiger partial charge on any atom is -0.207 e. The van der Waals surface area contributed by atoms with E-state index in [1.165, 1.54) is 6.07 Å². The van der Waals surface area contributed by atoms with Gasteiger partial charge in [0.05, 0.1) is 5.38 Å². The number of alkyl halides is 1. The number of rotatable bonds is 2. The van der Waals surface area contributed by atoms with Gasteiger partial charge in [-0.05, 0) is 48.2 Å². The van der Waals surface area contributed by atoms with Crippen molar-refractivity contribution in [3.63, 3.8) is 0 Å². The Hall–Kier alpha value is -0.570. The quantitative estimate of drug-likeness (QED) is 0.559. The van der Waals surface area contributed by atoms with Crippen molar-refractivity contribution in [3.8, 4) is 0 Å². The Labute approximate surface area is 130 Å². The minimum atomic E-state index is -0.416. The molecule has 0 saturated carbocycles. The minimum absolute atomic E-state index is 0.319. The first-order chi connectivity index (χ1) is 8.91. The Balaban J connectivity index is 2.53. The van der Waals surface area contributed by atoms with Crippen molar-refractivity contribution in [2.75, 3.05) is 0 Å². The predicted octanol–water partition coefficient (Wildman–Crippen LogP) is 6.19. The van der Waals surface area contributed by atoms with Gasteiger partial charge in [0.15, 0.2) is 0 Å². The third-order valence-electron chi connectivity index (χ3n) is 3.05. The molecule has 0 bridgehead atoms. The molecule has 0 spiro atoms. The van der Waals surface area contributed by atoms with E-state index in [4.69, 9.17) is 23.2 Å². The van der Waals surface area contributed by atoms with E-state index in [0.717, 1.165) is 15.6 Å². The smallest absolute Gasteiger partial charge is 0.127 e. The first kappa shape index (κ1) is 14.8. The molecule has 2 aromatic carbocycles. The van der Waals surface area contributed by atoms with Crippen molar-refractivity contribution < 1.29 is 4.39 Å². The zero-order valence-electron chi connectivity index (χ0n) is 10.5. The van der Waals surface area contributed by atoms with Gasteiger partial charge in [-0.3, -0.25) is 0 Å². The Morgan fingerprint density at radius 1 is 1.11 bits per heavy atom. The molecule has 2 aromatic rings. The highest BCUT2D eigenvalue weighted by Crippen LogP contribution is 2.38. The van der Waals surface area contributed by atoms with Crippen LogP contribution >= 0.6 is 39.1 Å². The molecule has 0 radical (unpaired) electrons. The van der Waals surface area contributed by atoms with E-state index in [1.54, 1.807) is 13.0 Å². The monoisotopic (exact) mass is 360 g/mol. The van der Waals surface area contributed by atoms with Crippen LogP contribution < -0.4 is 0 Å². The van der Waals surface area contributed by atoms with E-state index < -0.39 is 5.38 Å². The number of halogens is 4. The van der Waals surface area contributed by atoms with Crippen LogP contribution in [0.5, 0.6) is 0 Å². The molecule has 0 aliphatic carbocycles. The summed E-state index contributed by atoms with van der Waals surface area (Å²) in [6, 6.07) is 8.88. The normalized spacial score (nSPS) is 12.5. The van der Waals surface area contributed by atoms with Crippen LogP contribution in [0, 0.1) is 19.7 Å². The maximum absolute atomic E-state index is 13.4. The summed E-state index contributed by atoms with van der Waals surface area (Å²) in [6.45, 7) is 3.69. The van der Waals surface area contributed by atoms with Gasteiger partial charge >= 0.3 is 0 Å². The fourth-order valence-corrected chi connectivity index (χ4v) is 3.21. The number of aryl methyl sites for hydroxylation is 2. The summed E-state index contributed by atoms with van der Waals surface area (Å²) < 4.78 is 14.4. The van der Waals surface area contributed by atoms with Crippen LogP contribution in [0.2, 0.25) is 5.02 Å². The van der Waals surface area contributed by atoms with Crippen LogP contribution in [-0.2, 0) is 0 Å². The molecule has 0 saturated heterocycles. The molecule has 19 heavy (non-hydrogen) atoms. The molecule has 0 amide bonds. The first-order valence-electron chi connectivity index (χ1n) is 5.76. The van der Waals surface area contributed by atoms with Crippen molar-refractivity contribution >= 4 is 39.1 Å². The lowest BCUT2D eigenvalue weighted by atomic mass is 10.0. The molecule has 0 nitrogen and oxygen atoms in total. The molecule has 4 heteroatoms. The highest BCUT2D eigenvalue weighted by atomic mass is 79.9. The molecule has 100 valence electrons. The van der Waals surface area contributed by atoms with Crippen molar-refractivity contribution in [2.45, 2.75) is 19.2 Å². The summed E-state index contributed by atoms with van der Waals surface area (Å²) in [5.74, 6) is -0.319. The lowest BCUT2D eigenvalue weighted by Gasteiger charge is -2.16. The second-order valence-electron chi connectivity index (χ2n) is 4.46. The standard InChI is InChI=1S/C15H12BrCl2F/c1-8-4-3-5-10(14(8)16)15(18)11-6-9(2)13(19)7-12(11)17/h3-7,15H,1-2H3. The molecule has 0 fully saturated rings. The fraction of sp³-hybridized carbons (Fsp3) is 0.200. The number of hydrogen-bond donors (Lipinski definition) is 0. The predicted molar refractivity (Wildman–Crippen MR) is 82.7 cm³/mol. The van der Waals surface area contributed by atoms with Gasteiger partial charge < -0.3 is 0 Å². The van der Waals surface area contributed by atoms with Crippen molar-refractivity contribution in [1.29, 1.82) is 0 Å². The van der Waals surface area contributed by atoms with Gasteiger partial charge in [-0.25, -0.2) is 4.39 Å². The van der Waals surface area contributed by atoms with Crippen LogP contribution in [-0.4, -0.2) is 0 Å². The van der Waals surface area contributed by atoms with Gasteiger partial charge in [0.25, 0.3) is 0 Å². The molecule has 0 aliphatic rings. The topological polar surface area (TPSA) is 0 Å². The first-order valence-corrected chi connectivity index (χ1v) is 7.37. The molecular formula is C15H12BrCl2F. The maximum Gasteiger partial charge on any atom is 0.127 e. The zero-order chi connectivity index (χ0) is 14.2. The number of benzene rings is 2.